The van der Waals surface area contributed by atoms with Gasteiger partial charge in [0, 0.05) is 43.5 Å². The summed E-state index contributed by atoms with van der Waals surface area (Å²) in [6.45, 7) is 7.31. The van der Waals surface area contributed by atoms with E-state index >= 15 is 0 Å². The molecule has 6 nitrogen and oxygen atoms in total. The first-order valence-corrected chi connectivity index (χ1v) is 7.01. The Labute approximate surface area is 118 Å². The molecule has 6 heteroatoms. The van der Waals surface area contributed by atoms with E-state index in [1.165, 1.54) is 6.07 Å². The van der Waals surface area contributed by atoms with E-state index in [1.54, 1.807) is 12.1 Å². The lowest BCUT2D eigenvalue weighted by Gasteiger charge is -2.33. The Morgan fingerprint density at radius 2 is 2.35 bits per heavy atom. The van der Waals surface area contributed by atoms with Crippen molar-refractivity contribution in [2.24, 2.45) is 0 Å². The maximum Gasteiger partial charge on any atom is 0.311 e. The molecule has 1 atom stereocenters. The molecule has 1 aliphatic rings. The Kier molecular flexibility index (Phi) is 4.79. The fourth-order valence-electron chi connectivity index (χ4n) is 2.34. The zero-order chi connectivity index (χ0) is 14.5. The molecule has 1 aromatic rings. The first kappa shape index (κ1) is 14.6. The predicted molar refractivity (Wildman–Crippen MR) is 78.6 cm³/mol. The van der Waals surface area contributed by atoms with E-state index < -0.39 is 4.92 Å². The number of nitro benzene ring substituents is 1. The van der Waals surface area contributed by atoms with Crippen LogP contribution < -0.4 is 15.0 Å². The van der Waals surface area contributed by atoms with Crippen molar-refractivity contribution in [3.05, 3.63) is 28.3 Å². The van der Waals surface area contributed by atoms with Gasteiger partial charge < -0.3 is 15.0 Å². The highest BCUT2D eigenvalue weighted by molar-refractivity contribution is 5.59. The van der Waals surface area contributed by atoms with Crippen LogP contribution in [0.25, 0.3) is 0 Å². The monoisotopic (exact) mass is 279 g/mol. The fraction of sp³-hybridized carbons (Fsp3) is 0.571. The number of nitrogens with one attached hydrogen (secondary N) is 1. The largest absolute Gasteiger partial charge is 0.487 e. The first-order chi connectivity index (χ1) is 9.61. The molecule has 0 unspecified atom stereocenters. The molecule has 0 bridgehead atoms. The Morgan fingerprint density at radius 3 is 3.00 bits per heavy atom. The third kappa shape index (κ3) is 3.39. The van der Waals surface area contributed by atoms with Crippen molar-refractivity contribution >= 4 is 11.4 Å². The summed E-state index contributed by atoms with van der Waals surface area (Å²) in [4.78, 5) is 12.9. The van der Waals surface area contributed by atoms with Gasteiger partial charge in [-0.05, 0) is 19.4 Å². The van der Waals surface area contributed by atoms with Crippen molar-refractivity contribution < 1.29 is 9.66 Å². The minimum Gasteiger partial charge on any atom is -0.487 e. The van der Waals surface area contributed by atoms with Crippen molar-refractivity contribution in [3.63, 3.8) is 0 Å². The number of anilines is 1. The molecule has 20 heavy (non-hydrogen) atoms. The maximum atomic E-state index is 11.0. The molecule has 110 valence electrons. The summed E-state index contributed by atoms with van der Waals surface area (Å²) in [5.74, 6) is 0.362. The molecule has 1 N–H and O–H groups in total. The molecular weight excluding hydrogens is 258 g/mol. The molecule has 0 radical (unpaired) electrons. The van der Waals surface area contributed by atoms with E-state index in [4.69, 9.17) is 4.74 Å². The van der Waals surface area contributed by atoms with E-state index in [-0.39, 0.29) is 5.69 Å². The average molecular weight is 279 g/mol. The van der Waals surface area contributed by atoms with E-state index in [1.807, 2.05) is 6.92 Å². The van der Waals surface area contributed by atoms with Crippen LogP contribution in [-0.2, 0) is 0 Å². The Bertz CT molecular complexity index is 479. The van der Waals surface area contributed by atoms with Crippen LogP contribution in [0.3, 0.4) is 0 Å². The summed E-state index contributed by atoms with van der Waals surface area (Å²) in [6, 6.07) is 5.53. The summed E-state index contributed by atoms with van der Waals surface area (Å²) in [6.07, 6.45) is 0.825. The number of piperazine rings is 1. The minimum absolute atomic E-state index is 0.0328. The smallest absolute Gasteiger partial charge is 0.311 e. The molecule has 0 spiro atoms. The van der Waals surface area contributed by atoms with Crippen LogP contribution in [0.5, 0.6) is 5.75 Å². The second-order valence-electron chi connectivity index (χ2n) is 5.06. The Morgan fingerprint density at radius 1 is 1.55 bits per heavy atom. The second-order valence-corrected chi connectivity index (χ2v) is 5.06. The van der Waals surface area contributed by atoms with Gasteiger partial charge in [0.2, 0.25) is 0 Å². The summed E-state index contributed by atoms with van der Waals surface area (Å²) >= 11 is 0. The average Bonchev–Trinajstić information content (AvgIpc) is 2.44. The van der Waals surface area contributed by atoms with Crippen molar-refractivity contribution in [1.29, 1.82) is 0 Å². The third-order valence-electron chi connectivity index (χ3n) is 3.34. The van der Waals surface area contributed by atoms with Gasteiger partial charge in [-0.25, -0.2) is 0 Å². The predicted octanol–water partition coefficient (Wildman–Crippen LogP) is 2.18. The van der Waals surface area contributed by atoms with Crippen LogP contribution in [-0.4, -0.2) is 37.2 Å². The highest BCUT2D eigenvalue weighted by Gasteiger charge is 2.20. The van der Waals surface area contributed by atoms with Crippen molar-refractivity contribution in [1.82, 2.24) is 5.32 Å². The van der Waals surface area contributed by atoms with Gasteiger partial charge in [0.15, 0.2) is 5.75 Å². The molecule has 2 rings (SSSR count). The Balaban J connectivity index is 2.23. The normalized spacial score (nSPS) is 18.9. The fourth-order valence-corrected chi connectivity index (χ4v) is 2.34. The molecule has 1 aliphatic heterocycles. The molecule has 1 fully saturated rings. The van der Waals surface area contributed by atoms with Gasteiger partial charge in [0.05, 0.1) is 11.5 Å². The minimum atomic E-state index is -0.394. The van der Waals surface area contributed by atoms with E-state index in [2.05, 4.69) is 17.1 Å². The molecule has 0 aliphatic carbocycles. The number of benzene rings is 1. The molecule has 0 amide bonds. The lowest BCUT2D eigenvalue weighted by atomic mass is 10.2. The van der Waals surface area contributed by atoms with Gasteiger partial charge in [0.1, 0.15) is 0 Å². The van der Waals surface area contributed by atoms with Crippen LogP contribution in [0.4, 0.5) is 11.4 Å². The SMILES string of the molecule is CCCOc1cc(N2CCN[C@H](C)C2)ccc1[N+](=O)[O-]. The summed E-state index contributed by atoms with van der Waals surface area (Å²) < 4.78 is 5.52. The topological polar surface area (TPSA) is 67.6 Å². The third-order valence-corrected chi connectivity index (χ3v) is 3.34. The number of ether oxygens (including phenoxy) is 1. The number of rotatable bonds is 5. The van der Waals surface area contributed by atoms with E-state index in [9.17, 15) is 10.1 Å². The molecular formula is C14H21N3O3. The lowest BCUT2D eigenvalue weighted by molar-refractivity contribution is -0.385. The van der Waals surface area contributed by atoms with Crippen molar-refractivity contribution in [3.8, 4) is 5.75 Å². The number of nitrogens with zero attached hydrogens (tertiary/aromatic N) is 2. The van der Waals surface area contributed by atoms with Gasteiger partial charge in [0.25, 0.3) is 0 Å². The summed E-state index contributed by atoms with van der Waals surface area (Å²) in [5.41, 5.74) is 1.01. The maximum absolute atomic E-state index is 11.0. The van der Waals surface area contributed by atoms with E-state index in [0.29, 0.717) is 18.4 Å². The molecule has 0 aromatic heterocycles. The van der Waals surface area contributed by atoms with Gasteiger partial charge in [-0.3, -0.25) is 10.1 Å². The zero-order valence-corrected chi connectivity index (χ0v) is 12.0. The molecule has 1 aromatic carbocycles. The van der Waals surface area contributed by atoms with Crippen LogP contribution in [0, 0.1) is 10.1 Å². The van der Waals surface area contributed by atoms with Crippen molar-refractivity contribution in [2.45, 2.75) is 26.3 Å². The van der Waals surface area contributed by atoms with Crippen LogP contribution in [0.1, 0.15) is 20.3 Å². The lowest BCUT2D eigenvalue weighted by Crippen LogP contribution is -2.49. The summed E-state index contributed by atoms with van der Waals surface area (Å²) in [5, 5.41) is 14.4. The van der Waals surface area contributed by atoms with Crippen LogP contribution in [0.15, 0.2) is 18.2 Å². The van der Waals surface area contributed by atoms with Crippen LogP contribution in [0.2, 0.25) is 0 Å². The van der Waals surface area contributed by atoms with Crippen LogP contribution >= 0.6 is 0 Å². The van der Waals surface area contributed by atoms with Gasteiger partial charge >= 0.3 is 5.69 Å². The van der Waals surface area contributed by atoms with Gasteiger partial charge in [-0.15, -0.1) is 0 Å². The van der Waals surface area contributed by atoms with E-state index in [0.717, 1.165) is 31.7 Å². The summed E-state index contributed by atoms with van der Waals surface area (Å²) in [7, 11) is 0. The van der Waals surface area contributed by atoms with Gasteiger partial charge in [-0.2, -0.15) is 0 Å². The number of hydrogen-bond donors (Lipinski definition) is 1. The zero-order valence-electron chi connectivity index (χ0n) is 12.0. The second kappa shape index (κ2) is 6.56. The number of hydrogen-bond acceptors (Lipinski definition) is 5. The standard InChI is InChI=1S/C14H21N3O3/c1-3-8-20-14-9-12(4-5-13(14)17(18)19)16-7-6-15-11(2)10-16/h4-5,9,11,15H,3,6-8,10H2,1-2H3/t11-/m1/s1. The first-order valence-electron chi connectivity index (χ1n) is 7.01. The molecule has 1 saturated heterocycles. The molecule has 0 saturated carbocycles. The highest BCUT2D eigenvalue weighted by Crippen LogP contribution is 2.32. The van der Waals surface area contributed by atoms with Crippen molar-refractivity contribution in [2.75, 3.05) is 31.1 Å². The highest BCUT2D eigenvalue weighted by atomic mass is 16.6. The Hall–Kier alpha value is -1.82. The number of nitro groups is 1. The quantitative estimate of drug-likeness (QED) is 0.661. The molecule has 1 heterocycles. The van der Waals surface area contributed by atoms with Gasteiger partial charge in [-0.1, -0.05) is 6.92 Å².